The van der Waals surface area contributed by atoms with Crippen LogP contribution in [0.4, 0.5) is 0 Å². The van der Waals surface area contributed by atoms with Crippen molar-refractivity contribution in [2.45, 2.75) is 44.6 Å². The van der Waals surface area contributed by atoms with Crippen molar-refractivity contribution in [3.05, 3.63) is 0 Å². The molecule has 1 atom stereocenters. The summed E-state index contributed by atoms with van der Waals surface area (Å²) < 4.78 is 5.35. The minimum Gasteiger partial charge on any atom is -0.381 e. The molecule has 1 heterocycles. The van der Waals surface area contributed by atoms with Gasteiger partial charge in [-0.1, -0.05) is 12.8 Å². The molecule has 2 fully saturated rings. The maximum atomic E-state index is 5.35. The van der Waals surface area contributed by atoms with E-state index in [1.807, 2.05) is 0 Å². The zero-order valence-electron chi connectivity index (χ0n) is 8.43. The quantitative estimate of drug-likeness (QED) is 0.719. The van der Waals surface area contributed by atoms with E-state index in [1.165, 1.54) is 45.1 Å². The zero-order chi connectivity index (χ0) is 8.93. The highest BCUT2D eigenvalue weighted by Gasteiger charge is 2.17. The first-order valence-corrected chi connectivity index (χ1v) is 5.76. The van der Waals surface area contributed by atoms with Crippen LogP contribution < -0.4 is 5.32 Å². The SMILES string of the molecule is C1CCC(NCCC2CCOC2)C1. The molecular formula is C11H21NO. The molecule has 0 aromatic rings. The zero-order valence-corrected chi connectivity index (χ0v) is 8.43. The molecule has 1 aliphatic heterocycles. The molecule has 0 amide bonds. The highest BCUT2D eigenvalue weighted by atomic mass is 16.5. The van der Waals surface area contributed by atoms with Crippen LogP contribution in [-0.2, 0) is 4.74 Å². The Morgan fingerprint density at radius 3 is 2.69 bits per heavy atom. The first-order chi connectivity index (χ1) is 6.45. The lowest BCUT2D eigenvalue weighted by Gasteiger charge is -2.13. The summed E-state index contributed by atoms with van der Waals surface area (Å²) in [7, 11) is 0. The molecule has 0 bridgehead atoms. The van der Waals surface area contributed by atoms with Gasteiger partial charge in [0.05, 0.1) is 0 Å². The van der Waals surface area contributed by atoms with Crippen LogP contribution >= 0.6 is 0 Å². The number of hydrogen-bond acceptors (Lipinski definition) is 2. The van der Waals surface area contributed by atoms with Crippen LogP contribution in [0, 0.1) is 5.92 Å². The van der Waals surface area contributed by atoms with Gasteiger partial charge in [-0.25, -0.2) is 0 Å². The molecule has 0 radical (unpaired) electrons. The van der Waals surface area contributed by atoms with Crippen molar-refractivity contribution in [3.63, 3.8) is 0 Å². The van der Waals surface area contributed by atoms with E-state index in [4.69, 9.17) is 4.74 Å². The van der Waals surface area contributed by atoms with Gasteiger partial charge in [0.1, 0.15) is 0 Å². The molecular weight excluding hydrogens is 162 g/mol. The third kappa shape index (κ3) is 2.96. The molecule has 1 N–H and O–H groups in total. The van der Waals surface area contributed by atoms with Gasteiger partial charge in [0, 0.05) is 19.3 Å². The van der Waals surface area contributed by atoms with Gasteiger partial charge in [0.2, 0.25) is 0 Å². The summed E-state index contributed by atoms with van der Waals surface area (Å²) in [4.78, 5) is 0. The Labute approximate surface area is 81.0 Å². The van der Waals surface area contributed by atoms with E-state index in [2.05, 4.69) is 5.32 Å². The summed E-state index contributed by atoms with van der Waals surface area (Å²) in [5, 5.41) is 3.65. The van der Waals surface area contributed by atoms with Gasteiger partial charge in [-0.05, 0) is 38.1 Å². The van der Waals surface area contributed by atoms with Crippen LogP contribution in [0.25, 0.3) is 0 Å². The van der Waals surface area contributed by atoms with Gasteiger partial charge < -0.3 is 10.1 Å². The second-order valence-corrected chi connectivity index (χ2v) is 4.45. The molecule has 1 aliphatic carbocycles. The Kier molecular flexibility index (Phi) is 3.62. The first-order valence-electron chi connectivity index (χ1n) is 5.76. The minimum atomic E-state index is 0.835. The van der Waals surface area contributed by atoms with Crippen molar-refractivity contribution in [2.24, 2.45) is 5.92 Å². The minimum absolute atomic E-state index is 0.835. The van der Waals surface area contributed by atoms with E-state index in [9.17, 15) is 0 Å². The molecule has 0 spiro atoms. The maximum Gasteiger partial charge on any atom is 0.0495 e. The topological polar surface area (TPSA) is 21.3 Å². The van der Waals surface area contributed by atoms with Crippen LogP contribution in [0.15, 0.2) is 0 Å². The molecule has 1 unspecified atom stereocenters. The summed E-state index contributed by atoms with van der Waals surface area (Å²) in [6, 6.07) is 0.835. The highest BCUT2D eigenvalue weighted by molar-refractivity contribution is 4.74. The lowest BCUT2D eigenvalue weighted by atomic mass is 10.1. The summed E-state index contributed by atoms with van der Waals surface area (Å²) in [6.07, 6.45) is 8.28. The maximum absolute atomic E-state index is 5.35. The fraction of sp³-hybridized carbons (Fsp3) is 1.00. The standard InChI is InChI=1S/C11H21NO/c1-2-4-11(3-1)12-7-5-10-6-8-13-9-10/h10-12H,1-9H2. The Bertz CT molecular complexity index is 121. The van der Waals surface area contributed by atoms with Crippen molar-refractivity contribution >= 4 is 0 Å². The molecule has 1 saturated carbocycles. The van der Waals surface area contributed by atoms with Crippen LogP contribution in [0.3, 0.4) is 0 Å². The third-order valence-electron chi connectivity index (χ3n) is 3.36. The molecule has 0 aromatic carbocycles. The Balaban J connectivity index is 1.52. The lowest BCUT2D eigenvalue weighted by molar-refractivity contribution is 0.184. The average molecular weight is 183 g/mol. The Morgan fingerprint density at radius 1 is 1.15 bits per heavy atom. The molecule has 0 aromatic heterocycles. The van der Waals surface area contributed by atoms with Crippen LogP contribution in [0.5, 0.6) is 0 Å². The second-order valence-electron chi connectivity index (χ2n) is 4.45. The van der Waals surface area contributed by atoms with Crippen LogP contribution in [0.2, 0.25) is 0 Å². The molecule has 2 nitrogen and oxygen atoms in total. The number of rotatable bonds is 4. The van der Waals surface area contributed by atoms with Crippen molar-refractivity contribution in [1.82, 2.24) is 5.32 Å². The number of nitrogens with one attached hydrogen (secondary N) is 1. The molecule has 2 rings (SSSR count). The predicted molar refractivity (Wildman–Crippen MR) is 53.8 cm³/mol. The van der Waals surface area contributed by atoms with E-state index in [1.54, 1.807) is 0 Å². The smallest absolute Gasteiger partial charge is 0.0495 e. The lowest BCUT2D eigenvalue weighted by Crippen LogP contribution is -2.28. The van der Waals surface area contributed by atoms with Gasteiger partial charge in [-0.15, -0.1) is 0 Å². The monoisotopic (exact) mass is 183 g/mol. The molecule has 2 aliphatic rings. The normalized spacial score (nSPS) is 30.0. The van der Waals surface area contributed by atoms with E-state index >= 15 is 0 Å². The molecule has 76 valence electrons. The Hall–Kier alpha value is -0.0800. The van der Waals surface area contributed by atoms with Crippen molar-refractivity contribution in [1.29, 1.82) is 0 Å². The van der Waals surface area contributed by atoms with Crippen molar-refractivity contribution < 1.29 is 4.74 Å². The summed E-state index contributed by atoms with van der Waals surface area (Å²) >= 11 is 0. The van der Waals surface area contributed by atoms with Crippen molar-refractivity contribution in [3.8, 4) is 0 Å². The van der Waals surface area contributed by atoms with Crippen molar-refractivity contribution in [2.75, 3.05) is 19.8 Å². The number of hydrogen-bond donors (Lipinski definition) is 1. The summed E-state index contributed by atoms with van der Waals surface area (Å²) in [5.74, 6) is 0.842. The Morgan fingerprint density at radius 2 is 2.00 bits per heavy atom. The van der Waals surface area contributed by atoms with Crippen LogP contribution in [0.1, 0.15) is 38.5 Å². The summed E-state index contributed by atoms with van der Waals surface area (Å²) in [6.45, 7) is 3.21. The van der Waals surface area contributed by atoms with Gasteiger partial charge in [-0.3, -0.25) is 0 Å². The van der Waals surface area contributed by atoms with Gasteiger partial charge in [0.25, 0.3) is 0 Å². The van der Waals surface area contributed by atoms with E-state index in [0.717, 1.165) is 25.2 Å². The largest absolute Gasteiger partial charge is 0.381 e. The van der Waals surface area contributed by atoms with Crippen LogP contribution in [-0.4, -0.2) is 25.8 Å². The summed E-state index contributed by atoms with van der Waals surface area (Å²) in [5.41, 5.74) is 0. The molecule has 13 heavy (non-hydrogen) atoms. The fourth-order valence-electron chi connectivity index (χ4n) is 2.43. The molecule has 2 heteroatoms. The fourth-order valence-corrected chi connectivity index (χ4v) is 2.43. The van der Waals surface area contributed by atoms with Gasteiger partial charge >= 0.3 is 0 Å². The third-order valence-corrected chi connectivity index (χ3v) is 3.36. The predicted octanol–water partition coefficient (Wildman–Crippen LogP) is 1.95. The second kappa shape index (κ2) is 4.97. The van der Waals surface area contributed by atoms with Gasteiger partial charge in [0.15, 0.2) is 0 Å². The van der Waals surface area contributed by atoms with E-state index < -0.39 is 0 Å². The van der Waals surface area contributed by atoms with E-state index in [-0.39, 0.29) is 0 Å². The first kappa shape index (κ1) is 9.47. The molecule has 1 saturated heterocycles. The highest BCUT2D eigenvalue weighted by Crippen LogP contribution is 2.19. The van der Waals surface area contributed by atoms with E-state index in [0.29, 0.717) is 0 Å². The average Bonchev–Trinajstić information content (AvgIpc) is 2.75. The van der Waals surface area contributed by atoms with Gasteiger partial charge in [-0.2, -0.15) is 0 Å². The number of ether oxygens (including phenoxy) is 1.